The zero-order valence-corrected chi connectivity index (χ0v) is 9.94. The number of hydrogen-bond acceptors (Lipinski definition) is 4. The number of nitrogens with one attached hydrogen (secondary N) is 2. The van der Waals surface area contributed by atoms with Gasteiger partial charge in [0, 0.05) is 16.8 Å². The number of benzene rings is 1. The number of aliphatic imine (C=N–C) groups is 1. The molecule has 1 aliphatic rings. The van der Waals surface area contributed by atoms with E-state index in [0.717, 1.165) is 0 Å². The minimum absolute atomic E-state index is 0.0170. The van der Waals surface area contributed by atoms with Crippen LogP contribution in [0.2, 0.25) is 5.02 Å². The van der Waals surface area contributed by atoms with Crippen molar-refractivity contribution in [2.45, 2.75) is 6.04 Å². The molecule has 3 N–H and O–H groups in total. The van der Waals surface area contributed by atoms with Gasteiger partial charge >= 0.3 is 6.03 Å². The number of nitrogens with zero attached hydrogens (tertiary/aromatic N) is 1. The molecule has 1 atom stereocenters. The molecule has 1 saturated heterocycles. The van der Waals surface area contributed by atoms with Gasteiger partial charge in [0.15, 0.2) is 0 Å². The number of carbonyl (C=O) groups excluding carboxylic acids is 2. The number of hydrogen-bond donors (Lipinski definition) is 3. The first kappa shape index (κ1) is 12.4. The van der Waals surface area contributed by atoms with Gasteiger partial charge in [-0.1, -0.05) is 11.6 Å². The van der Waals surface area contributed by atoms with Crippen LogP contribution in [0.5, 0.6) is 5.75 Å². The third-order valence-electron chi connectivity index (χ3n) is 2.38. The number of phenolic OH excluding ortho intramolecular Hbond substituents is 1. The van der Waals surface area contributed by atoms with E-state index in [1.165, 1.54) is 18.3 Å². The summed E-state index contributed by atoms with van der Waals surface area (Å²) in [6, 6.07) is 3.27. The van der Waals surface area contributed by atoms with Crippen molar-refractivity contribution in [2.75, 3.05) is 6.54 Å². The largest absolute Gasteiger partial charge is 0.507 e. The van der Waals surface area contributed by atoms with Gasteiger partial charge in [-0.05, 0) is 18.2 Å². The van der Waals surface area contributed by atoms with Crippen molar-refractivity contribution in [3.8, 4) is 5.75 Å². The van der Waals surface area contributed by atoms with Gasteiger partial charge in [0.05, 0.1) is 6.54 Å². The maximum atomic E-state index is 11.4. The Morgan fingerprint density at radius 3 is 2.94 bits per heavy atom. The Morgan fingerprint density at radius 1 is 1.44 bits per heavy atom. The first-order valence-corrected chi connectivity index (χ1v) is 5.54. The highest BCUT2D eigenvalue weighted by atomic mass is 35.5. The molecule has 1 fully saturated rings. The Kier molecular flexibility index (Phi) is 3.47. The number of halogens is 1. The molecule has 7 heteroatoms. The summed E-state index contributed by atoms with van der Waals surface area (Å²) in [4.78, 5) is 26.2. The Labute approximate surface area is 108 Å². The third kappa shape index (κ3) is 2.78. The van der Waals surface area contributed by atoms with Gasteiger partial charge in [-0.2, -0.15) is 0 Å². The monoisotopic (exact) mass is 267 g/mol. The standard InChI is InChI=1S/C11H10ClN3O3/c12-7-1-2-9(16)6(3-7)4-13-8-5-14-11(18)15-10(8)17/h1-4,8,16H,5H2,(H2,14,15,17,18). The van der Waals surface area contributed by atoms with Crippen molar-refractivity contribution in [3.63, 3.8) is 0 Å². The Hall–Kier alpha value is -2.08. The third-order valence-corrected chi connectivity index (χ3v) is 2.61. The zero-order chi connectivity index (χ0) is 13.1. The molecule has 0 saturated carbocycles. The van der Waals surface area contributed by atoms with Crippen LogP contribution in [0.25, 0.3) is 0 Å². The van der Waals surface area contributed by atoms with Crippen molar-refractivity contribution in [1.29, 1.82) is 0 Å². The number of rotatable bonds is 2. The molecular weight excluding hydrogens is 258 g/mol. The van der Waals surface area contributed by atoms with Gasteiger partial charge < -0.3 is 10.4 Å². The molecule has 0 spiro atoms. The van der Waals surface area contributed by atoms with E-state index >= 15 is 0 Å². The molecule has 2 rings (SSSR count). The van der Waals surface area contributed by atoms with E-state index in [4.69, 9.17) is 11.6 Å². The van der Waals surface area contributed by atoms with E-state index in [-0.39, 0.29) is 12.3 Å². The fraction of sp³-hybridized carbons (Fsp3) is 0.182. The van der Waals surface area contributed by atoms with Crippen LogP contribution < -0.4 is 10.6 Å². The highest BCUT2D eigenvalue weighted by Crippen LogP contribution is 2.19. The van der Waals surface area contributed by atoms with Gasteiger partial charge in [-0.15, -0.1) is 0 Å². The van der Waals surface area contributed by atoms with Crippen LogP contribution in [0.1, 0.15) is 5.56 Å². The first-order valence-electron chi connectivity index (χ1n) is 5.16. The second kappa shape index (κ2) is 5.05. The summed E-state index contributed by atoms with van der Waals surface area (Å²) in [6.07, 6.45) is 1.35. The van der Waals surface area contributed by atoms with Gasteiger partial charge in [0.2, 0.25) is 0 Å². The summed E-state index contributed by atoms with van der Waals surface area (Å²) >= 11 is 5.78. The summed E-state index contributed by atoms with van der Waals surface area (Å²) < 4.78 is 0. The average Bonchev–Trinajstić information content (AvgIpc) is 2.32. The van der Waals surface area contributed by atoms with Crippen LogP contribution >= 0.6 is 11.6 Å². The quantitative estimate of drug-likeness (QED) is 0.688. The molecule has 0 bridgehead atoms. The fourth-order valence-corrected chi connectivity index (χ4v) is 1.62. The minimum atomic E-state index is -0.707. The first-order chi connectivity index (χ1) is 8.56. The van der Waals surface area contributed by atoms with Crippen molar-refractivity contribution < 1.29 is 14.7 Å². The molecule has 1 unspecified atom stereocenters. The highest BCUT2D eigenvalue weighted by molar-refractivity contribution is 6.30. The lowest BCUT2D eigenvalue weighted by Gasteiger charge is -2.18. The van der Waals surface area contributed by atoms with E-state index < -0.39 is 18.0 Å². The average molecular weight is 268 g/mol. The maximum Gasteiger partial charge on any atom is 0.321 e. The van der Waals surface area contributed by atoms with E-state index in [1.54, 1.807) is 6.07 Å². The van der Waals surface area contributed by atoms with Gasteiger partial charge in [0.1, 0.15) is 11.8 Å². The van der Waals surface area contributed by atoms with Crippen LogP contribution in [0.4, 0.5) is 4.79 Å². The Balaban J connectivity index is 2.13. The molecule has 6 nitrogen and oxygen atoms in total. The fourth-order valence-electron chi connectivity index (χ4n) is 1.44. The summed E-state index contributed by atoms with van der Waals surface area (Å²) in [5.74, 6) is -0.458. The maximum absolute atomic E-state index is 11.4. The predicted octanol–water partition coefficient (Wildman–Crippen LogP) is 0.672. The number of imide groups is 1. The molecular formula is C11H10ClN3O3. The number of urea groups is 1. The van der Waals surface area contributed by atoms with E-state index in [1.807, 2.05) is 0 Å². The lowest BCUT2D eigenvalue weighted by molar-refractivity contribution is -0.121. The second-order valence-electron chi connectivity index (χ2n) is 3.70. The number of amides is 3. The normalized spacial score (nSPS) is 19.7. The van der Waals surface area contributed by atoms with Crippen LogP contribution in [0, 0.1) is 0 Å². The molecule has 0 aromatic heterocycles. The van der Waals surface area contributed by atoms with Gasteiger partial charge in [0.25, 0.3) is 5.91 Å². The minimum Gasteiger partial charge on any atom is -0.507 e. The Bertz CT molecular complexity index is 530. The summed E-state index contributed by atoms with van der Waals surface area (Å²) in [5.41, 5.74) is 0.409. The van der Waals surface area contributed by atoms with Crippen molar-refractivity contribution in [2.24, 2.45) is 4.99 Å². The topological polar surface area (TPSA) is 90.8 Å². The Morgan fingerprint density at radius 2 is 2.22 bits per heavy atom. The van der Waals surface area contributed by atoms with Crippen molar-refractivity contribution >= 4 is 29.8 Å². The molecule has 1 aromatic rings. The lowest BCUT2D eigenvalue weighted by atomic mass is 10.2. The summed E-state index contributed by atoms with van der Waals surface area (Å²) in [5, 5.41) is 14.6. The smallest absolute Gasteiger partial charge is 0.321 e. The molecule has 94 valence electrons. The molecule has 1 aliphatic heterocycles. The summed E-state index contributed by atoms with van der Waals surface area (Å²) in [7, 11) is 0. The molecule has 0 radical (unpaired) electrons. The number of aromatic hydroxyl groups is 1. The summed E-state index contributed by atoms with van der Waals surface area (Å²) in [6.45, 7) is 0.127. The molecule has 1 aromatic carbocycles. The highest BCUT2D eigenvalue weighted by Gasteiger charge is 2.24. The van der Waals surface area contributed by atoms with Crippen LogP contribution in [-0.4, -0.2) is 35.8 Å². The number of carbonyl (C=O) groups is 2. The van der Waals surface area contributed by atoms with Gasteiger partial charge in [-0.3, -0.25) is 15.1 Å². The van der Waals surface area contributed by atoms with Gasteiger partial charge in [-0.25, -0.2) is 4.79 Å². The van der Waals surface area contributed by atoms with E-state index in [9.17, 15) is 14.7 Å². The van der Waals surface area contributed by atoms with Crippen LogP contribution in [-0.2, 0) is 4.79 Å². The second-order valence-corrected chi connectivity index (χ2v) is 4.13. The molecule has 3 amide bonds. The van der Waals surface area contributed by atoms with E-state index in [2.05, 4.69) is 15.6 Å². The number of phenols is 1. The molecule has 0 aliphatic carbocycles. The SMILES string of the molecule is O=C1NCC(N=Cc2cc(Cl)ccc2O)C(=O)N1. The van der Waals surface area contributed by atoms with Crippen LogP contribution in [0.3, 0.4) is 0 Å². The van der Waals surface area contributed by atoms with Crippen molar-refractivity contribution in [1.82, 2.24) is 10.6 Å². The van der Waals surface area contributed by atoms with Crippen LogP contribution in [0.15, 0.2) is 23.2 Å². The molecule has 18 heavy (non-hydrogen) atoms. The van der Waals surface area contributed by atoms with E-state index in [0.29, 0.717) is 10.6 Å². The molecule has 1 heterocycles. The zero-order valence-electron chi connectivity index (χ0n) is 9.18. The van der Waals surface area contributed by atoms with Crippen molar-refractivity contribution in [3.05, 3.63) is 28.8 Å². The lowest BCUT2D eigenvalue weighted by Crippen LogP contribution is -2.54. The predicted molar refractivity (Wildman–Crippen MR) is 66.0 cm³/mol.